The van der Waals surface area contributed by atoms with Crippen LogP contribution in [-0.4, -0.2) is 25.1 Å². The number of nitrogens with zero attached hydrogens (tertiary/aromatic N) is 1. The molecule has 0 aliphatic rings. The first-order chi connectivity index (χ1) is 9.92. The summed E-state index contributed by atoms with van der Waals surface area (Å²) in [6.45, 7) is 9.61. The lowest BCUT2D eigenvalue weighted by molar-refractivity contribution is 0.481. The number of hydrogen-bond donors (Lipinski definition) is 2. The summed E-state index contributed by atoms with van der Waals surface area (Å²) in [4.78, 5) is 4.44. The molecule has 118 valence electrons. The molecule has 3 nitrogen and oxygen atoms in total. The van der Waals surface area contributed by atoms with Crippen LogP contribution in [0.4, 0.5) is 8.78 Å². The molecule has 5 heteroatoms. The van der Waals surface area contributed by atoms with Crippen LogP contribution in [-0.2, 0) is 6.42 Å². The molecule has 0 radical (unpaired) electrons. The summed E-state index contributed by atoms with van der Waals surface area (Å²) in [7, 11) is 0. The molecule has 0 spiro atoms. The number of benzene rings is 1. The van der Waals surface area contributed by atoms with Crippen LogP contribution in [0.15, 0.2) is 23.2 Å². The number of nitrogens with one attached hydrogen (secondary N) is 2. The van der Waals surface area contributed by atoms with Gasteiger partial charge < -0.3 is 10.6 Å². The summed E-state index contributed by atoms with van der Waals surface area (Å²) in [5.74, 6) is 0.127. The van der Waals surface area contributed by atoms with E-state index in [1.807, 2.05) is 6.92 Å². The third-order valence-corrected chi connectivity index (χ3v) is 3.30. The number of rotatable bonds is 6. The highest BCUT2D eigenvalue weighted by molar-refractivity contribution is 5.80. The van der Waals surface area contributed by atoms with E-state index in [0.717, 1.165) is 18.6 Å². The largest absolute Gasteiger partial charge is 0.357 e. The van der Waals surface area contributed by atoms with E-state index in [4.69, 9.17) is 0 Å². The summed E-state index contributed by atoms with van der Waals surface area (Å²) in [5, 5.41) is 6.49. The molecule has 1 rings (SSSR count). The molecular formula is C16H25F2N3. The van der Waals surface area contributed by atoms with Gasteiger partial charge in [0.2, 0.25) is 0 Å². The van der Waals surface area contributed by atoms with Gasteiger partial charge in [0, 0.05) is 25.2 Å². The quantitative estimate of drug-likeness (QED) is 0.625. The lowest BCUT2D eigenvalue weighted by Crippen LogP contribution is -2.44. The van der Waals surface area contributed by atoms with Crippen molar-refractivity contribution in [1.82, 2.24) is 10.6 Å². The SMILES string of the molecule is CCNC(=NCCc1cc(F)cc(F)c1)NC(C)C(C)C. The number of hydrogen-bond acceptors (Lipinski definition) is 1. The first kappa shape index (κ1) is 17.4. The molecule has 1 atom stereocenters. The van der Waals surface area contributed by atoms with E-state index in [1.54, 1.807) is 0 Å². The molecule has 1 aromatic carbocycles. The van der Waals surface area contributed by atoms with Crippen molar-refractivity contribution in [2.45, 2.75) is 40.2 Å². The standard InChI is InChI=1S/C16H25F2N3/c1-5-19-16(21-12(4)11(2)3)20-7-6-13-8-14(17)10-15(18)9-13/h8-12H,5-7H2,1-4H3,(H2,19,20,21). The first-order valence-electron chi connectivity index (χ1n) is 7.42. The van der Waals surface area contributed by atoms with Crippen molar-refractivity contribution in [1.29, 1.82) is 0 Å². The van der Waals surface area contributed by atoms with Crippen molar-refractivity contribution in [3.05, 3.63) is 35.4 Å². The van der Waals surface area contributed by atoms with Gasteiger partial charge >= 0.3 is 0 Å². The Kier molecular flexibility index (Phi) is 7.12. The summed E-state index contributed by atoms with van der Waals surface area (Å²) >= 11 is 0. The van der Waals surface area contributed by atoms with E-state index >= 15 is 0 Å². The molecule has 0 aliphatic carbocycles. The van der Waals surface area contributed by atoms with Crippen LogP contribution in [0.3, 0.4) is 0 Å². The Balaban J connectivity index is 2.61. The van der Waals surface area contributed by atoms with Gasteiger partial charge in [-0.05, 0) is 43.9 Å². The topological polar surface area (TPSA) is 36.4 Å². The summed E-state index contributed by atoms with van der Waals surface area (Å²) < 4.78 is 26.2. The Morgan fingerprint density at radius 2 is 1.76 bits per heavy atom. The second-order valence-corrected chi connectivity index (χ2v) is 5.47. The van der Waals surface area contributed by atoms with E-state index in [2.05, 4.69) is 36.4 Å². The van der Waals surface area contributed by atoms with Crippen LogP contribution in [0.25, 0.3) is 0 Å². The molecule has 0 saturated heterocycles. The van der Waals surface area contributed by atoms with Crippen molar-refractivity contribution in [2.24, 2.45) is 10.9 Å². The Bertz CT molecular complexity index is 452. The lowest BCUT2D eigenvalue weighted by atomic mass is 10.1. The van der Waals surface area contributed by atoms with E-state index in [9.17, 15) is 8.78 Å². The zero-order valence-electron chi connectivity index (χ0n) is 13.2. The Morgan fingerprint density at radius 1 is 1.14 bits per heavy atom. The molecule has 2 N–H and O–H groups in total. The number of aliphatic imine (C=N–C) groups is 1. The maximum atomic E-state index is 13.1. The number of halogens is 2. The van der Waals surface area contributed by atoms with Gasteiger partial charge in [0.05, 0.1) is 0 Å². The van der Waals surface area contributed by atoms with Crippen molar-refractivity contribution in [2.75, 3.05) is 13.1 Å². The van der Waals surface area contributed by atoms with Crippen LogP contribution >= 0.6 is 0 Å². The maximum absolute atomic E-state index is 13.1. The predicted octanol–water partition coefficient (Wildman–Crippen LogP) is 3.11. The first-order valence-corrected chi connectivity index (χ1v) is 7.42. The average Bonchev–Trinajstić information content (AvgIpc) is 2.37. The highest BCUT2D eigenvalue weighted by Crippen LogP contribution is 2.08. The molecular weight excluding hydrogens is 272 g/mol. The maximum Gasteiger partial charge on any atom is 0.191 e. The second kappa shape index (κ2) is 8.60. The predicted molar refractivity (Wildman–Crippen MR) is 83.5 cm³/mol. The summed E-state index contributed by atoms with van der Waals surface area (Å²) in [5.41, 5.74) is 0.615. The average molecular weight is 297 g/mol. The van der Waals surface area contributed by atoms with Gasteiger partial charge in [0.15, 0.2) is 5.96 Å². The van der Waals surface area contributed by atoms with Gasteiger partial charge in [-0.25, -0.2) is 8.78 Å². The third kappa shape index (κ3) is 6.56. The minimum absolute atomic E-state index is 0.300. The molecule has 0 bridgehead atoms. The molecule has 1 aromatic rings. The molecule has 0 fully saturated rings. The van der Waals surface area contributed by atoms with Crippen molar-refractivity contribution in [3.63, 3.8) is 0 Å². The smallest absolute Gasteiger partial charge is 0.191 e. The van der Waals surface area contributed by atoms with Crippen LogP contribution in [0.5, 0.6) is 0 Å². The third-order valence-electron chi connectivity index (χ3n) is 3.30. The highest BCUT2D eigenvalue weighted by Gasteiger charge is 2.08. The second-order valence-electron chi connectivity index (χ2n) is 5.47. The fourth-order valence-electron chi connectivity index (χ4n) is 1.75. The molecule has 0 heterocycles. The van der Waals surface area contributed by atoms with Crippen LogP contribution < -0.4 is 10.6 Å². The Morgan fingerprint density at radius 3 is 2.29 bits per heavy atom. The van der Waals surface area contributed by atoms with Gasteiger partial charge in [-0.15, -0.1) is 0 Å². The number of guanidine groups is 1. The molecule has 0 saturated carbocycles. The normalized spacial score (nSPS) is 13.4. The molecule has 21 heavy (non-hydrogen) atoms. The molecule has 1 unspecified atom stereocenters. The van der Waals surface area contributed by atoms with Gasteiger partial charge in [-0.2, -0.15) is 0 Å². The fraction of sp³-hybridized carbons (Fsp3) is 0.562. The van der Waals surface area contributed by atoms with E-state index in [0.29, 0.717) is 30.5 Å². The molecule has 0 amide bonds. The van der Waals surface area contributed by atoms with Crippen molar-refractivity contribution < 1.29 is 8.78 Å². The lowest BCUT2D eigenvalue weighted by Gasteiger charge is -2.20. The Labute approximate surface area is 125 Å². The zero-order valence-corrected chi connectivity index (χ0v) is 13.2. The minimum atomic E-state index is -0.549. The highest BCUT2D eigenvalue weighted by atomic mass is 19.1. The molecule has 0 aliphatic heterocycles. The van der Waals surface area contributed by atoms with Crippen LogP contribution in [0.2, 0.25) is 0 Å². The van der Waals surface area contributed by atoms with E-state index in [-0.39, 0.29) is 0 Å². The van der Waals surface area contributed by atoms with Gasteiger partial charge in [0.1, 0.15) is 11.6 Å². The van der Waals surface area contributed by atoms with Crippen LogP contribution in [0, 0.1) is 17.6 Å². The summed E-state index contributed by atoms with van der Waals surface area (Å²) in [6.07, 6.45) is 0.501. The van der Waals surface area contributed by atoms with Crippen molar-refractivity contribution in [3.8, 4) is 0 Å². The van der Waals surface area contributed by atoms with Gasteiger partial charge in [-0.3, -0.25) is 4.99 Å². The fourth-order valence-corrected chi connectivity index (χ4v) is 1.75. The van der Waals surface area contributed by atoms with Crippen LogP contribution in [0.1, 0.15) is 33.3 Å². The van der Waals surface area contributed by atoms with Crippen molar-refractivity contribution >= 4 is 5.96 Å². The zero-order chi connectivity index (χ0) is 15.8. The summed E-state index contributed by atoms with van der Waals surface area (Å²) in [6, 6.07) is 3.86. The minimum Gasteiger partial charge on any atom is -0.357 e. The van der Waals surface area contributed by atoms with E-state index in [1.165, 1.54) is 12.1 Å². The van der Waals surface area contributed by atoms with Gasteiger partial charge in [0.25, 0.3) is 0 Å². The van der Waals surface area contributed by atoms with Gasteiger partial charge in [-0.1, -0.05) is 13.8 Å². The monoisotopic (exact) mass is 297 g/mol. The molecule has 0 aromatic heterocycles. The Hall–Kier alpha value is -1.65. The van der Waals surface area contributed by atoms with E-state index < -0.39 is 11.6 Å².